The monoisotopic (exact) mass is 413 g/mol. The van der Waals surface area contributed by atoms with Crippen molar-refractivity contribution in [2.75, 3.05) is 13.4 Å². The van der Waals surface area contributed by atoms with Gasteiger partial charge in [-0.15, -0.1) is 0 Å². The van der Waals surface area contributed by atoms with Crippen LogP contribution >= 0.6 is 0 Å². The molecule has 1 fully saturated rings. The number of nitrogens with zero attached hydrogens (tertiary/aromatic N) is 2. The number of aliphatic hydroxyl groups excluding tert-OH is 2. The van der Waals surface area contributed by atoms with Gasteiger partial charge in [0.25, 0.3) is 0 Å². The van der Waals surface area contributed by atoms with Gasteiger partial charge in [-0.25, -0.2) is 9.97 Å². The number of fused-ring (bicyclic) bond motifs is 1. The zero-order chi connectivity index (χ0) is 21.3. The molecule has 0 spiro atoms. The first-order chi connectivity index (χ1) is 14.3. The first kappa shape index (κ1) is 21.0. The number of nitrogens with one attached hydrogen (secondary N) is 1. The van der Waals surface area contributed by atoms with Crippen LogP contribution in [0.3, 0.4) is 0 Å². The standard InChI is InChI=1S/C23H31N3O4/c1-23(2,3)22-24-7-6-15(26-22)9-16-17(12-27)19(28)10-18(16)25-11-14-4-5-20-21(8-14)30-13-29-20/h4-8,16-19,25,27-28H,9-13H2,1-3H3. The van der Waals surface area contributed by atoms with E-state index >= 15 is 0 Å². The molecule has 0 radical (unpaired) electrons. The quantitative estimate of drug-likeness (QED) is 0.668. The van der Waals surface area contributed by atoms with E-state index in [9.17, 15) is 10.2 Å². The second kappa shape index (κ2) is 8.49. The van der Waals surface area contributed by atoms with E-state index in [1.165, 1.54) is 0 Å². The van der Waals surface area contributed by atoms with Crippen molar-refractivity contribution < 1.29 is 19.7 Å². The number of benzene rings is 1. The number of hydrogen-bond donors (Lipinski definition) is 3. The Morgan fingerprint density at radius 3 is 2.70 bits per heavy atom. The summed E-state index contributed by atoms with van der Waals surface area (Å²) in [7, 11) is 0. The molecule has 0 bridgehead atoms. The summed E-state index contributed by atoms with van der Waals surface area (Å²) in [4.78, 5) is 9.18. The van der Waals surface area contributed by atoms with Crippen molar-refractivity contribution in [1.29, 1.82) is 0 Å². The first-order valence-corrected chi connectivity index (χ1v) is 10.6. The molecule has 2 heterocycles. The maximum Gasteiger partial charge on any atom is 0.231 e. The Morgan fingerprint density at radius 2 is 1.93 bits per heavy atom. The molecule has 1 aliphatic carbocycles. The van der Waals surface area contributed by atoms with E-state index in [0.29, 0.717) is 19.4 Å². The number of hydrogen-bond acceptors (Lipinski definition) is 7. The van der Waals surface area contributed by atoms with Crippen LogP contribution < -0.4 is 14.8 Å². The highest BCUT2D eigenvalue weighted by Gasteiger charge is 2.42. The van der Waals surface area contributed by atoms with Gasteiger partial charge in [0.05, 0.1) is 6.10 Å². The highest BCUT2D eigenvalue weighted by atomic mass is 16.7. The van der Waals surface area contributed by atoms with Gasteiger partial charge in [0.15, 0.2) is 11.5 Å². The molecule has 0 saturated heterocycles. The SMILES string of the molecule is CC(C)(C)c1nccc(CC2C(NCc3ccc4c(c3)OCO4)CC(O)C2CO)n1. The molecule has 3 N–H and O–H groups in total. The number of aliphatic hydroxyl groups is 2. The van der Waals surface area contributed by atoms with Crippen molar-refractivity contribution in [2.45, 2.75) is 57.7 Å². The van der Waals surface area contributed by atoms with Gasteiger partial charge in [0, 0.05) is 42.4 Å². The van der Waals surface area contributed by atoms with Gasteiger partial charge < -0.3 is 25.0 Å². The van der Waals surface area contributed by atoms with Crippen LogP contribution in [0.1, 0.15) is 44.3 Å². The molecule has 7 heteroatoms. The lowest BCUT2D eigenvalue weighted by molar-refractivity contribution is 0.0715. The maximum atomic E-state index is 10.5. The second-order valence-corrected chi connectivity index (χ2v) is 9.31. The smallest absolute Gasteiger partial charge is 0.231 e. The molecule has 162 valence electrons. The molecule has 4 unspecified atom stereocenters. The third-order valence-electron chi connectivity index (χ3n) is 6.10. The van der Waals surface area contributed by atoms with E-state index in [1.54, 1.807) is 6.20 Å². The summed E-state index contributed by atoms with van der Waals surface area (Å²) in [5.41, 5.74) is 1.91. The first-order valence-electron chi connectivity index (χ1n) is 10.6. The Balaban J connectivity index is 1.48. The third kappa shape index (κ3) is 4.43. The van der Waals surface area contributed by atoms with E-state index < -0.39 is 6.10 Å². The van der Waals surface area contributed by atoms with Gasteiger partial charge in [-0.3, -0.25) is 0 Å². The average molecular weight is 414 g/mol. The van der Waals surface area contributed by atoms with Crippen molar-refractivity contribution in [3.05, 3.63) is 47.5 Å². The zero-order valence-corrected chi connectivity index (χ0v) is 17.8. The Morgan fingerprint density at radius 1 is 1.13 bits per heavy atom. The van der Waals surface area contributed by atoms with Crippen molar-refractivity contribution in [2.24, 2.45) is 11.8 Å². The molecule has 4 atom stereocenters. The van der Waals surface area contributed by atoms with Gasteiger partial charge >= 0.3 is 0 Å². The lowest BCUT2D eigenvalue weighted by atomic mass is 9.88. The highest BCUT2D eigenvalue weighted by molar-refractivity contribution is 5.44. The van der Waals surface area contributed by atoms with E-state index in [-0.39, 0.29) is 36.7 Å². The molecule has 1 aromatic carbocycles. The van der Waals surface area contributed by atoms with Crippen molar-refractivity contribution in [3.63, 3.8) is 0 Å². The fraction of sp³-hybridized carbons (Fsp3) is 0.565. The summed E-state index contributed by atoms with van der Waals surface area (Å²) in [6.45, 7) is 7.16. The van der Waals surface area contributed by atoms with Crippen molar-refractivity contribution in [3.8, 4) is 11.5 Å². The van der Waals surface area contributed by atoms with Crippen LogP contribution in [-0.4, -0.2) is 45.7 Å². The second-order valence-electron chi connectivity index (χ2n) is 9.31. The zero-order valence-electron chi connectivity index (χ0n) is 17.8. The molecule has 1 aliphatic heterocycles. The van der Waals surface area contributed by atoms with Crippen LogP contribution in [-0.2, 0) is 18.4 Å². The lowest BCUT2D eigenvalue weighted by Gasteiger charge is -2.25. The van der Waals surface area contributed by atoms with E-state index in [4.69, 9.17) is 14.5 Å². The topological polar surface area (TPSA) is 96.7 Å². The molecule has 2 aromatic rings. The van der Waals surface area contributed by atoms with Crippen LogP contribution in [0.2, 0.25) is 0 Å². The summed E-state index contributed by atoms with van der Waals surface area (Å²) < 4.78 is 10.8. The Kier molecular flexibility index (Phi) is 5.95. The van der Waals surface area contributed by atoms with E-state index in [2.05, 4.69) is 31.1 Å². The molecular weight excluding hydrogens is 382 g/mol. The minimum absolute atomic E-state index is 0.0365. The molecule has 30 heavy (non-hydrogen) atoms. The lowest BCUT2D eigenvalue weighted by Crippen LogP contribution is -2.36. The largest absolute Gasteiger partial charge is 0.454 e. The Hall–Kier alpha value is -2.22. The minimum Gasteiger partial charge on any atom is -0.454 e. The van der Waals surface area contributed by atoms with Crippen LogP contribution in [0.5, 0.6) is 11.5 Å². The molecule has 0 amide bonds. The predicted octanol–water partition coefficient (Wildman–Crippen LogP) is 2.19. The van der Waals surface area contributed by atoms with Crippen LogP contribution in [0.25, 0.3) is 0 Å². The average Bonchev–Trinajstić information content (AvgIpc) is 3.29. The van der Waals surface area contributed by atoms with Crippen LogP contribution in [0.15, 0.2) is 30.5 Å². The predicted molar refractivity (Wildman–Crippen MR) is 112 cm³/mol. The van der Waals surface area contributed by atoms with Crippen molar-refractivity contribution in [1.82, 2.24) is 15.3 Å². The summed E-state index contributed by atoms with van der Waals surface area (Å²) in [6, 6.07) is 7.94. The fourth-order valence-corrected chi connectivity index (χ4v) is 4.39. The summed E-state index contributed by atoms with van der Waals surface area (Å²) >= 11 is 0. The molecule has 4 rings (SSSR count). The minimum atomic E-state index is -0.529. The van der Waals surface area contributed by atoms with Gasteiger partial charge in [0.2, 0.25) is 6.79 Å². The fourth-order valence-electron chi connectivity index (χ4n) is 4.39. The molecular formula is C23H31N3O4. The molecule has 1 saturated carbocycles. The number of rotatable bonds is 6. The van der Waals surface area contributed by atoms with E-state index in [1.807, 2.05) is 24.3 Å². The van der Waals surface area contributed by atoms with E-state index in [0.717, 1.165) is 28.6 Å². The number of ether oxygens (including phenoxy) is 2. The normalized spacial score (nSPS) is 25.6. The summed E-state index contributed by atoms with van der Waals surface area (Å²) in [5, 5.41) is 24.1. The molecule has 2 aliphatic rings. The third-order valence-corrected chi connectivity index (χ3v) is 6.10. The number of aromatic nitrogens is 2. The van der Waals surface area contributed by atoms with Crippen LogP contribution in [0.4, 0.5) is 0 Å². The van der Waals surface area contributed by atoms with Crippen LogP contribution in [0, 0.1) is 11.8 Å². The van der Waals surface area contributed by atoms with Gasteiger partial charge in [0.1, 0.15) is 5.82 Å². The molecule has 7 nitrogen and oxygen atoms in total. The highest BCUT2D eigenvalue weighted by Crippen LogP contribution is 2.36. The molecule has 1 aromatic heterocycles. The Bertz CT molecular complexity index is 883. The van der Waals surface area contributed by atoms with Gasteiger partial charge in [-0.2, -0.15) is 0 Å². The summed E-state index contributed by atoms with van der Waals surface area (Å²) in [6.07, 6.45) is 2.57. The Labute approximate surface area is 177 Å². The van der Waals surface area contributed by atoms with Gasteiger partial charge in [-0.05, 0) is 42.5 Å². The summed E-state index contributed by atoms with van der Waals surface area (Å²) in [5.74, 6) is 2.26. The van der Waals surface area contributed by atoms with Gasteiger partial charge in [-0.1, -0.05) is 26.8 Å². The van der Waals surface area contributed by atoms with Crippen molar-refractivity contribution >= 4 is 0 Å². The maximum absolute atomic E-state index is 10.5.